The Morgan fingerprint density at radius 2 is 1.72 bits per heavy atom. The van der Waals surface area contributed by atoms with Crippen LogP contribution >= 0.6 is 0 Å². The van der Waals surface area contributed by atoms with E-state index in [1.54, 1.807) is 13.2 Å². The summed E-state index contributed by atoms with van der Waals surface area (Å²) in [5, 5.41) is 4.94. The molecule has 4 aromatic rings. The number of rotatable bonds is 11. The fourth-order valence-electron chi connectivity index (χ4n) is 4.60. The summed E-state index contributed by atoms with van der Waals surface area (Å²) >= 11 is 0. The minimum absolute atomic E-state index is 0.0185. The Hall–Kier alpha value is -4.13. The molecule has 0 aliphatic carbocycles. The molecule has 1 aromatic heterocycles. The SMILES string of the molecule is CNC(=O)CCCCC[C@@](Cc1ccccc1)(OC(N)=O)c1ncc(-c2ccc3ccccc3c2)[nH]1. The van der Waals surface area contributed by atoms with Gasteiger partial charge in [0.1, 0.15) is 0 Å². The third-order valence-corrected chi connectivity index (χ3v) is 6.46. The zero-order valence-electron chi connectivity index (χ0n) is 20.5. The lowest BCUT2D eigenvalue weighted by Crippen LogP contribution is -2.38. The van der Waals surface area contributed by atoms with E-state index in [9.17, 15) is 9.59 Å². The van der Waals surface area contributed by atoms with Gasteiger partial charge in [-0.05, 0) is 41.7 Å². The van der Waals surface area contributed by atoms with Gasteiger partial charge >= 0.3 is 6.09 Å². The van der Waals surface area contributed by atoms with Crippen LogP contribution in [0.5, 0.6) is 0 Å². The first kappa shape index (κ1) is 25.0. The van der Waals surface area contributed by atoms with Gasteiger partial charge in [0.2, 0.25) is 5.91 Å². The molecule has 3 aromatic carbocycles. The molecule has 0 bridgehead atoms. The van der Waals surface area contributed by atoms with E-state index in [0.717, 1.165) is 46.9 Å². The number of H-pyrrole nitrogens is 1. The maximum atomic E-state index is 12.1. The van der Waals surface area contributed by atoms with E-state index in [1.807, 2.05) is 48.5 Å². The first-order valence-electron chi connectivity index (χ1n) is 12.3. The third kappa shape index (κ3) is 6.10. The van der Waals surface area contributed by atoms with E-state index in [2.05, 4.69) is 39.6 Å². The molecule has 7 heteroatoms. The zero-order chi connectivity index (χ0) is 25.4. The predicted octanol–water partition coefficient (Wildman–Crippen LogP) is 5.46. The summed E-state index contributed by atoms with van der Waals surface area (Å²) in [7, 11) is 1.64. The van der Waals surface area contributed by atoms with Gasteiger partial charge in [0.15, 0.2) is 11.4 Å². The number of ether oxygens (including phenoxy) is 1. The van der Waals surface area contributed by atoms with Crippen molar-refractivity contribution in [3.8, 4) is 11.3 Å². The van der Waals surface area contributed by atoms with E-state index < -0.39 is 11.7 Å². The van der Waals surface area contributed by atoms with Crippen LogP contribution < -0.4 is 11.1 Å². The molecule has 2 amide bonds. The van der Waals surface area contributed by atoms with E-state index in [-0.39, 0.29) is 5.91 Å². The molecule has 0 spiro atoms. The third-order valence-electron chi connectivity index (χ3n) is 6.46. The Morgan fingerprint density at radius 1 is 0.972 bits per heavy atom. The number of aromatic nitrogens is 2. The maximum Gasteiger partial charge on any atom is 0.405 e. The monoisotopic (exact) mass is 484 g/mol. The fraction of sp³-hybridized carbons (Fsp3) is 0.276. The van der Waals surface area contributed by atoms with E-state index in [1.165, 1.54) is 0 Å². The van der Waals surface area contributed by atoms with Crippen molar-refractivity contribution in [3.63, 3.8) is 0 Å². The van der Waals surface area contributed by atoms with Crippen LogP contribution in [-0.4, -0.2) is 29.0 Å². The fourth-order valence-corrected chi connectivity index (χ4v) is 4.60. The molecule has 1 atom stereocenters. The molecule has 0 aliphatic rings. The summed E-state index contributed by atoms with van der Waals surface area (Å²) < 4.78 is 5.86. The number of unbranched alkanes of at least 4 members (excludes halogenated alkanes) is 2. The Balaban J connectivity index is 1.64. The molecule has 4 N–H and O–H groups in total. The highest BCUT2D eigenvalue weighted by Gasteiger charge is 2.39. The van der Waals surface area contributed by atoms with Crippen molar-refractivity contribution in [1.82, 2.24) is 15.3 Å². The number of nitrogens with two attached hydrogens (primary N) is 1. The van der Waals surface area contributed by atoms with Crippen molar-refractivity contribution in [1.29, 1.82) is 0 Å². The van der Waals surface area contributed by atoms with Crippen LogP contribution in [0.3, 0.4) is 0 Å². The Bertz CT molecular complexity index is 1320. The molecule has 0 unspecified atom stereocenters. The average Bonchev–Trinajstić information content (AvgIpc) is 3.39. The van der Waals surface area contributed by atoms with Crippen LogP contribution in [0.25, 0.3) is 22.0 Å². The highest BCUT2D eigenvalue weighted by molar-refractivity contribution is 5.86. The van der Waals surface area contributed by atoms with E-state index >= 15 is 0 Å². The second-order valence-corrected chi connectivity index (χ2v) is 9.02. The Kier molecular flexibility index (Phi) is 8.00. The van der Waals surface area contributed by atoms with Gasteiger partial charge in [0.25, 0.3) is 0 Å². The largest absolute Gasteiger partial charge is 0.435 e. The van der Waals surface area contributed by atoms with Crippen LogP contribution in [0, 0.1) is 0 Å². The molecule has 0 radical (unpaired) electrons. The lowest BCUT2D eigenvalue weighted by Gasteiger charge is -2.31. The molecule has 0 fully saturated rings. The molecule has 0 saturated heterocycles. The molecule has 0 saturated carbocycles. The molecule has 186 valence electrons. The lowest BCUT2D eigenvalue weighted by molar-refractivity contribution is -0.120. The van der Waals surface area contributed by atoms with Crippen molar-refractivity contribution in [3.05, 3.63) is 90.4 Å². The summed E-state index contributed by atoms with van der Waals surface area (Å²) in [6.45, 7) is 0. The summed E-state index contributed by atoms with van der Waals surface area (Å²) in [4.78, 5) is 31.8. The van der Waals surface area contributed by atoms with Crippen LogP contribution in [-0.2, 0) is 21.6 Å². The number of primary amides is 1. The second kappa shape index (κ2) is 11.5. The highest BCUT2D eigenvalue weighted by atomic mass is 16.6. The van der Waals surface area contributed by atoms with Crippen molar-refractivity contribution in [2.45, 2.75) is 44.1 Å². The maximum absolute atomic E-state index is 12.1. The van der Waals surface area contributed by atoms with Crippen molar-refractivity contribution in [2.75, 3.05) is 7.05 Å². The number of nitrogens with one attached hydrogen (secondary N) is 2. The topological polar surface area (TPSA) is 110 Å². The summed E-state index contributed by atoms with van der Waals surface area (Å²) in [6, 6.07) is 24.3. The van der Waals surface area contributed by atoms with Gasteiger partial charge in [-0.2, -0.15) is 0 Å². The summed E-state index contributed by atoms with van der Waals surface area (Å²) in [6.07, 6.45) is 4.63. The van der Waals surface area contributed by atoms with E-state index in [4.69, 9.17) is 10.5 Å². The van der Waals surface area contributed by atoms with Crippen LogP contribution in [0.4, 0.5) is 4.79 Å². The van der Waals surface area contributed by atoms with Crippen LogP contribution in [0.15, 0.2) is 79.0 Å². The quantitative estimate of drug-likeness (QED) is 0.246. The number of carbonyl (C=O) groups is 2. The number of benzene rings is 3. The van der Waals surface area contributed by atoms with Gasteiger partial charge in [-0.25, -0.2) is 9.78 Å². The number of amides is 2. The predicted molar refractivity (Wildman–Crippen MR) is 141 cm³/mol. The van der Waals surface area contributed by atoms with Crippen molar-refractivity contribution < 1.29 is 14.3 Å². The second-order valence-electron chi connectivity index (χ2n) is 9.02. The number of carbonyl (C=O) groups excluding carboxylic acids is 2. The molecule has 7 nitrogen and oxygen atoms in total. The van der Waals surface area contributed by atoms with Gasteiger partial charge in [0.05, 0.1) is 11.9 Å². The number of hydrogen-bond acceptors (Lipinski definition) is 4. The van der Waals surface area contributed by atoms with Crippen LogP contribution in [0.2, 0.25) is 0 Å². The molecule has 1 heterocycles. The number of nitrogens with zero attached hydrogens (tertiary/aromatic N) is 1. The molecule has 4 rings (SSSR count). The van der Waals surface area contributed by atoms with Gasteiger partial charge in [-0.1, -0.05) is 73.2 Å². The average molecular weight is 485 g/mol. The van der Waals surface area contributed by atoms with Crippen molar-refractivity contribution >= 4 is 22.8 Å². The minimum Gasteiger partial charge on any atom is -0.435 e. The normalized spacial score (nSPS) is 12.7. The molecular weight excluding hydrogens is 452 g/mol. The molecule has 0 aliphatic heterocycles. The lowest BCUT2D eigenvalue weighted by atomic mass is 9.87. The Morgan fingerprint density at radius 3 is 2.47 bits per heavy atom. The van der Waals surface area contributed by atoms with Gasteiger partial charge in [-0.15, -0.1) is 0 Å². The Labute approximate surface area is 211 Å². The van der Waals surface area contributed by atoms with Crippen LogP contribution in [0.1, 0.15) is 43.5 Å². The summed E-state index contributed by atoms with van der Waals surface area (Å²) in [5.41, 5.74) is 7.35. The first-order valence-corrected chi connectivity index (χ1v) is 12.3. The van der Waals surface area contributed by atoms with Crippen molar-refractivity contribution in [2.24, 2.45) is 5.73 Å². The first-order chi connectivity index (χ1) is 17.5. The smallest absolute Gasteiger partial charge is 0.405 e. The van der Waals surface area contributed by atoms with Gasteiger partial charge < -0.3 is 20.8 Å². The highest BCUT2D eigenvalue weighted by Crippen LogP contribution is 2.35. The number of aromatic amines is 1. The molecular formula is C29H32N4O3. The number of hydrogen-bond donors (Lipinski definition) is 3. The van der Waals surface area contributed by atoms with Gasteiger partial charge in [-0.3, -0.25) is 4.79 Å². The molecule has 36 heavy (non-hydrogen) atoms. The minimum atomic E-state index is -1.06. The zero-order valence-corrected chi connectivity index (χ0v) is 20.5. The standard InChI is InChI=1S/C29H32N4O3/c1-31-26(34)14-6-3-9-17-29(36-28(30)35,19-21-10-4-2-5-11-21)27-32-20-25(33-27)24-16-15-22-12-7-8-13-23(22)18-24/h2,4-5,7-8,10-13,15-16,18,20H,3,6,9,14,17,19H2,1H3,(H2,30,35)(H,31,34)(H,32,33)/t29-/m0/s1. The number of fused-ring (bicyclic) bond motifs is 1. The number of imidazole rings is 1. The van der Waals surface area contributed by atoms with Gasteiger partial charge in [0, 0.05) is 25.5 Å². The van der Waals surface area contributed by atoms with E-state index in [0.29, 0.717) is 25.1 Å². The summed E-state index contributed by atoms with van der Waals surface area (Å²) in [5.74, 6) is 0.574.